The van der Waals surface area contributed by atoms with Gasteiger partial charge >= 0.3 is 0 Å². The van der Waals surface area contributed by atoms with E-state index in [1.807, 2.05) is 18.2 Å². The van der Waals surface area contributed by atoms with Gasteiger partial charge in [0.15, 0.2) is 0 Å². The van der Waals surface area contributed by atoms with Gasteiger partial charge in [0, 0.05) is 86.4 Å². The van der Waals surface area contributed by atoms with Crippen LogP contribution in [0, 0.1) is 22.0 Å². The van der Waals surface area contributed by atoms with Gasteiger partial charge < -0.3 is 24.7 Å². The third-order valence-corrected chi connectivity index (χ3v) is 13.7. The molecule has 0 bridgehead atoms. The predicted molar refractivity (Wildman–Crippen MR) is 237 cm³/mol. The van der Waals surface area contributed by atoms with Crippen molar-refractivity contribution in [2.24, 2.45) is 11.8 Å². The van der Waals surface area contributed by atoms with Crippen molar-refractivity contribution in [2.75, 3.05) is 56.2 Å². The molecular weight excluding hydrogens is 818 g/mol. The fourth-order valence-electron chi connectivity index (χ4n) is 8.53. The van der Waals surface area contributed by atoms with Gasteiger partial charge in [0.1, 0.15) is 22.8 Å². The first kappa shape index (κ1) is 42.2. The summed E-state index contributed by atoms with van der Waals surface area (Å²) in [7, 11) is -4.56. The van der Waals surface area contributed by atoms with Crippen molar-refractivity contribution in [3.8, 4) is 11.5 Å². The highest BCUT2D eigenvalue weighted by molar-refractivity contribution is 7.90. The number of nitro benzene ring substituents is 1. The number of pyridine rings is 1. The van der Waals surface area contributed by atoms with E-state index in [4.69, 9.17) is 21.1 Å². The highest BCUT2D eigenvalue weighted by Crippen LogP contribution is 2.38. The number of aromatic nitrogens is 2. The molecule has 1 aliphatic carbocycles. The molecule has 0 unspecified atom stereocenters. The number of amides is 1. The summed E-state index contributed by atoms with van der Waals surface area (Å²) in [4.78, 5) is 37.2. The van der Waals surface area contributed by atoms with E-state index in [1.54, 1.807) is 30.5 Å². The van der Waals surface area contributed by atoms with Gasteiger partial charge in [-0.2, -0.15) is 0 Å². The minimum Gasteiger partial charge on any atom is -0.455 e. The lowest BCUT2D eigenvalue weighted by Crippen LogP contribution is -2.52. The van der Waals surface area contributed by atoms with E-state index >= 15 is 0 Å². The normalized spacial score (nSPS) is 19.2. The molecule has 0 spiro atoms. The molecule has 320 valence electrons. The molecule has 4 heterocycles. The molecule has 3 aliphatic rings. The fraction of sp³-hybridized carbons (Fsp3) is 0.378. The maximum Gasteiger partial charge on any atom is 0.293 e. The number of rotatable bonds is 13. The number of benzene rings is 3. The van der Waals surface area contributed by atoms with Gasteiger partial charge in [0.2, 0.25) is 0 Å². The summed E-state index contributed by atoms with van der Waals surface area (Å²) < 4.78 is 41.2. The first-order valence-electron chi connectivity index (χ1n) is 20.8. The molecule has 5 aromatic rings. The number of aromatic amines is 1. The largest absolute Gasteiger partial charge is 0.455 e. The maximum atomic E-state index is 13.9. The van der Waals surface area contributed by atoms with Crippen molar-refractivity contribution in [1.29, 1.82) is 0 Å². The molecule has 2 aromatic heterocycles. The summed E-state index contributed by atoms with van der Waals surface area (Å²) in [5.41, 5.74) is 5.35. The van der Waals surface area contributed by atoms with Gasteiger partial charge in [-0.1, -0.05) is 36.2 Å². The number of carbonyl (C=O) groups excluding carboxylic acids is 1. The summed E-state index contributed by atoms with van der Waals surface area (Å²) in [5, 5.41) is 16.7. The Balaban J connectivity index is 1.02. The SMILES string of the molecule is C[C@H]1CCC(CN2CCN(c3ccc(C(=O)NS(=O)(=O)c4ccc(NCC5CCOCC5)c([N+](=O)[O-])c4)c(Oc4cnc5[nH]ccc5c4)c3)C[C@H]2C)=C(c2ccc(Cl)cc2)C1. The number of carbonyl (C=O) groups is 1. The highest BCUT2D eigenvalue weighted by atomic mass is 35.5. The van der Waals surface area contributed by atoms with Gasteiger partial charge in [-0.05, 0) is 111 Å². The van der Waals surface area contributed by atoms with E-state index in [0.717, 1.165) is 80.4 Å². The second-order valence-corrected chi connectivity index (χ2v) is 18.5. The van der Waals surface area contributed by atoms with Crippen LogP contribution < -0.4 is 19.7 Å². The molecule has 61 heavy (non-hydrogen) atoms. The molecule has 2 aliphatic heterocycles. The zero-order valence-electron chi connectivity index (χ0n) is 34.2. The number of halogens is 1. The van der Waals surface area contributed by atoms with Crippen molar-refractivity contribution in [3.63, 3.8) is 0 Å². The first-order valence-corrected chi connectivity index (χ1v) is 22.6. The molecule has 3 N–H and O–H groups in total. The smallest absolute Gasteiger partial charge is 0.293 e. The lowest BCUT2D eigenvalue weighted by Gasteiger charge is -2.42. The Morgan fingerprint density at radius 1 is 1.03 bits per heavy atom. The number of piperazine rings is 1. The topological polar surface area (TPSA) is 172 Å². The number of anilines is 2. The quantitative estimate of drug-likeness (QED) is 0.0764. The van der Waals surface area contributed by atoms with E-state index in [-0.39, 0.29) is 29.0 Å². The first-order chi connectivity index (χ1) is 29.4. The Labute approximate surface area is 360 Å². The number of nitrogens with one attached hydrogen (secondary N) is 3. The van der Waals surface area contributed by atoms with E-state index in [0.29, 0.717) is 37.1 Å². The fourth-order valence-corrected chi connectivity index (χ4v) is 9.64. The number of ether oxygens (including phenoxy) is 2. The van der Waals surface area contributed by atoms with E-state index in [1.165, 1.54) is 35.0 Å². The Morgan fingerprint density at radius 2 is 1.84 bits per heavy atom. The van der Waals surface area contributed by atoms with Crippen LogP contribution in [0.5, 0.6) is 11.5 Å². The standard InChI is InChI=1S/C45H50ClN7O7S/c1-29-3-4-34(40(21-29)32-5-7-35(46)8-6-32)28-51-17-18-52(27-30(51)2)36-9-11-39(43(23-36)60-37-22-33-13-16-47-44(33)49-26-37)45(54)50-61(57,58)38-10-12-41(42(24-38)53(55)56)48-25-31-14-19-59-20-15-31/h5-13,16,22-24,26,29-31,48H,3-4,14-15,17-21,25,27-28H2,1-2H3,(H,47,49)(H,50,54)/t29-,30+/m0/s1. The summed E-state index contributed by atoms with van der Waals surface area (Å²) in [6, 6.07) is 20.7. The number of H-pyrrole nitrogens is 1. The Morgan fingerprint density at radius 3 is 2.61 bits per heavy atom. The monoisotopic (exact) mass is 867 g/mol. The molecule has 14 nitrogen and oxygen atoms in total. The van der Waals surface area contributed by atoms with Crippen LogP contribution in [0.1, 0.15) is 61.9 Å². The Hall–Kier alpha value is -5.48. The molecule has 0 saturated carbocycles. The third-order valence-electron chi connectivity index (χ3n) is 12.1. The average molecular weight is 868 g/mol. The number of allylic oxidation sites excluding steroid dienone is 1. The lowest BCUT2D eigenvalue weighted by atomic mass is 9.81. The molecular formula is C45H50ClN7O7S. The molecule has 3 aromatic carbocycles. The Kier molecular flexibility index (Phi) is 12.6. The van der Waals surface area contributed by atoms with Crippen LogP contribution in [0.25, 0.3) is 16.6 Å². The number of fused-ring (bicyclic) bond motifs is 1. The number of nitro groups is 1. The zero-order chi connectivity index (χ0) is 42.7. The van der Waals surface area contributed by atoms with Crippen molar-refractivity contribution in [2.45, 2.75) is 56.9 Å². The summed E-state index contributed by atoms with van der Waals surface area (Å²) >= 11 is 6.23. The van der Waals surface area contributed by atoms with Gasteiger partial charge in [0.05, 0.1) is 21.6 Å². The van der Waals surface area contributed by atoms with Gasteiger partial charge in [-0.3, -0.25) is 19.8 Å². The van der Waals surface area contributed by atoms with Crippen LogP contribution in [0.2, 0.25) is 5.02 Å². The molecule has 2 atom stereocenters. The van der Waals surface area contributed by atoms with Crippen LogP contribution in [0.4, 0.5) is 17.1 Å². The van der Waals surface area contributed by atoms with Crippen LogP contribution >= 0.6 is 11.6 Å². The van der Waals surface area contributed by atoms with Crippen LogP contribution in [0.15, 0.2) is 95.7 Å². The number of hydrogen-bond acceptors (Lipinski definition) is 11. The van der Waals surface area contributed by atoms with Crippen molar-refractivity contribution >= 4 is 61.2 Å². The minimum absolute atomic E-state index is 0.0365. The van der Waals surface area contributed by atoms with Gasteiger partial charge in [-0.15, -0.1) is 0 Å². The second-order valence-electron chi connectivity index (χ2n) is 16.4. The molecule has 2 saturated heterocycles. The maximum absolute atomic E-state index is 13.9. The van der Waals surface area contributed by atoms with Gasteiger partial charge in [0.25, 0.3) is 21.6 Å². The third kappa shape index (κ3) is 9.86. The number of hydrogen-bond donors (Lipinski definition) is 3. The molecule has 16 heteroatoms. The molecule has 2 fully saturated rings. The average Bonchev–Trinajstić information content (AvgIpc) is 3.73. The molecule has 8 rings (SSSR count). The summed E-state index contributed by atoms with van der Waals surface area (Å²) in [6.07, 6.45) is 8.21. The van der Waals surface area contributed by atoms with Crippen molar-refractivity contribution < 1.29 is 27.6 Å². The lowest BCUT2D eigenvalue weighted by molar-refractivity contribution is -0.384. The number of sulfonamides is 1. The molecule has 0 radical (unpaired) electrons. The van der Waals surface area contributed by atoms with Crippen LogP contribution in [0.3, 0.4) is 0 Å². The minimum atomic E-state index is -4.56. The van der Waals surface area contributed by atoms with Gasteiger partial charge in [-0.25, -0.2) is 18.1 Å². The van der Waals surface area contributed by atoms with Crippen molar-refractivity contribution in [1.82, 2.24) is 19.6 Å². The van der Waals surface area contributed by atoms with E-state index < -0.39 is 31.4 Å². The van der Waals surface area contributed by atoms with Crippen LogP contribution in [-0.2, 0) is 14.8 Å². The van der Waals surface area contributed by atoms with Crippen LogP contribution in [-0.4, -0.2) is 86.1 Å². The van der Waals surface area contributed by atoms with E-state index in [9.17, 15) is 23.3 Å². The highest BCUT2D eigenvalue weighted by Gasteiger charge is 2.30. The predicted octanol–water partition coefficient (Wildman–Crippen LogP) is 8.66. The molecule has 1 amide bonds. The summed E-state index contributed by atoms with van der Waals surface area (Å²) in [5.74, 6) is 0.422. The zero-order valence-corrected chi connectivity index (χ0v) is 35.8. The Bertz CT molecular complexity index is 2560. The van der Waals surface area contributed by atoms with Crippen molar-refractivity contribution in [3.05, 3.63) is 117 Å². The number of nitrogens with zero attached hydrogens (tertiary/aromatic N) is 4. The second kappa shape index (κ2) is 18.2. The van der Waals surface area contributed by atoms with E-state index in [2.05, 4.69) is 55.8 Å². The summed E-state index contributed by atoms with van der Waals surface area (Å²) in [6.45, 7) is 9.41.